The van der Waals surface area contributed by atoms with Gasteiger partial charge in [0.1, 0.15) is 18.0 Å². The summed E-state index contributed by atoms with van der Waals surface area (Å²) in [5.41, 5.74) is 5.61. The first-order valence-electron chi connectivity index (χ1n) is 7.55. The first-order chi connectivity index (χ1) is 12.6. The number of carbonyl (C=O) groups is 3. The molecule has 0 saturated carbocycles. The summed E-state index contributed by atoms with van der Waals surface area (Å²) in [6.45, 7) is 0. The Bertz CT molecular complexity index is 919. The molecule has 26 heavy (non-hydrogen) atoms. The number of primary amides is 1. The van der Waals surface area contributed by atoms with Crippen LogP contribution in [0.25, 0.3) is 5.82 Å². The van der Waals surface area contributed by atoms with E-state index in [0.29, 0.717) is 11.5 Å². The Hall–Kier alpha value is -3.82. The first-order valence-corrected chi connectivity index (χ1v) is 7.55. The number of aromatic nitrogens is 4. The normalized spacial score (nSPS) is 11.7. The molecular formula is C16H14N6O4. The molecule has 3 aromatic heterocycles. The van der Waals surface area contributed by atoms with Crippen molar-refractivity contribution in [3.63, 3.8) is 0 Å². The third kappa shape index (κ3) is 3.64. The molecule has 132 valence electrons. The number of hydrogen-bond donors (Lipinski definition) is 2. The van der Waals surface area contributed by atoms with Gasteiger partial charge in [-0.1, -0.05) is 11.2 Å². The first kappa shape index (κ1) is 17.0. The standard InChI is InChI=1S/C16H14N6O4/c17-15(24)14(23)11(9-10-5-8-26-21-10)20-16(25)12-4-7-19-22(12)13-3-1-2-6-18-13/h1-8,11H,9H2,(H2,17,24)(H,20,25). The summed E-state index contributed by atoms with van der Waals surface area (Å²) in [4.78, 5) is 40.1. The van der Waals surface area contributed by atoms with Gasteiger partial charge in [0.05, 0.1) is 11.9 Å². The number of carbonyl (C=O) groups excluding carboxylic acids is 3. The lowest BCUT2D eigenvalue weighted by molar-refractivity contribution is -0.137. The summed E-state index contributed by atoms with van der Waals surface area (Å²) >= 11 is 0. The van der Waals surface area contributed by atoms with Crippen LogP contribution in [0.5, 0.6) is 0 Å². The molecule has 0 fully saturated rings. The molecule has 0 aliphatic heterocycles. The van der Waals surface area contributed by atoms with Crippen molar-refractivity contribution in [3.05, 3.63) is 60.4 Å². The zero-order valence-electron chi connectivity index (χ0n) is 13.4. The predicted octanol–water partition coefficient (Wildman–Crippen LogP) is -0.349. The van der Waals surface area contributed by atoms with Crippen molar-refractivity contribution in [3.8, 4) is 5.82 Å². The highest BCUT2D eigenvalue weighted by atomic mass is 16.5. The van der Waals surface area contributed by atoms with E-state index < -0.39 is 23.6 Å². The Balaban J connectivity index is 1.83. The highest BCUT2D eigenvalue weighted by Gasteiger charge is 2.28. The number of amides is 2. The average Bonchev–Trinajstić information content (AvgIpc) is 3.32. The van der Waals surface area contributed by atoms with E-state index in [1.807, 2.05) is 0 Å². The summed E-state index contributed by atoms with van der Waals surface area (Å²) < 4.78 is 6.01. The van der Waals surface area contributed by atoms with E-state index in [1.54, 1.807) is 24.4 Å². The molecule has 0 saturated heterocycles. The van der Waals surface area contributed by atoms with Gasteiger partial charge in [0.2, 0.25) is 5.78 Å². The quantitative estimate of drug-likeness (QED) is 0.551. The van der Waals surface area contributed by atoms with Gasteiger partial charge in [0, 0.05) is 18.7 Å². The lowest BCUT2D eigenvalue weighted by Crippen LogP contribution is -2.47. The van der Waals surface area contributed by atoms with Crippen LogP contribution in [0.3, 0.4) is 0 Å². The topological polar surface area (TPSA) is 146 Å². The van der Waals surface area contributed by atoms with E-state index in [9.17, 15) is 14.4 Å². The van der Waals surface area contributed by atoms with Crippen LogP contribution in [-0.2, 0) is 16.0 Å². The largest absolute Gasteiger partial charge is 0.365 e. The number of ketones is 1. The van der Waals surface area contributed by atoms with Crippen molar-refractivity contribution in [2.24, 2.45) is 5.73 Å². The Morgan fingerprint density at radius 2 is 2.04 bits per heavy atom. The van der Waals surface area contributed by atoms with E-state index in [-0.39, 0.29) is 12.1 Å². The van der Waals surface area contributed by atoms with Gasteiger partial charge >= 0.3 is 0 Å². The fraction of sp³-hybridized carbons (Fsp3) is 0.125. The number of pyridine rings is 1. The van der Waals surface area contributed by atoms with Crippen LogP contribution in [0.4, 0.5) is 0 Å². The van der Waals surface area contributed by atoms with Crippen molar-refractivity contribution in [2.75, 3.05) is 0 Å². The van der Waals surface area contributed by atoms with Gasteiger partial charge in [-0.25, -0.2) is 9.67 Å². The van der Waals surface area contributed by atoms with Gasteiger partial charge in [0.15, 0.2) is 5.82 Å². The second kappa shape index (κ2) is 7.38. The zero-order chi connectivity index (χ0) is 18.5. The molecule has 10 heteroatoms. The summed E-state index contributed by atoms with van der Waals surface area (Å²) in [6, 6.07) is 6.95. The molecule has 1 unspecified atom stereocenters. The van der Waals surface area contributed by atoms with E-state index >= 15 is 0 Å². The van der Waals surface area contributed by atoms with Crippen LogP contribution in [0.2, 0.25) is 0 Å². The Morgan fingerprint density at radius 3 is 2.69 bits per heavy atom. The number of Topliss-reactive ketones (excluding diaryl/α,β-unsaturated/α-hetero) is 1. The Kier molecular flexibility index (Phi) is 4.83. The number of nitrogens with zero attached hydrogens (tertiary/aromatic N) is 4. The van der Waals surface area contributed by atoms with Gasteiger partial charge in [-0.2, -0.15) is 5.10 Å². The summed E-state index contributed by atoms with van der Waals surface area (Å²) in [5.74, 6) is -2.28. The number of nitrogens with one attached hydrogen (secondary N) is 1. The molecule has 3 aromatic rings. The molecule has 10 nitrogen and oxygen atoms in total. The fourth-order valence-electron chi connectivity index (χ4n) is 2.30. The molecule has 0 radical (unpaired) electrons. The van der Waals surface area contributed by atoms with E-state index in [1.165, 1.54) is 29.3 Å². The number of hydrogen-bond acceptors (Lipinski definition) is 7. The maximum Gasteiger partial charge on any atom is 0.287 e. The fourth-order valence-corrected chi connectivity index (χ4v) is 2.30. The van der Waals surface area contributed by atoms with E-state index in [4.69, 9.17) is 10.3 Å². The van der Waals surface area contributed by atoms with Crippen LogP contribution in [0.15, 0.2) is 53.5 Å². The lowest BCUT2D eigenvalue weighted by Gasteiger charge is -2.15. The van der Waals surface area contributed by atoms with Crippen molar-refractivity contribution >= 4 is 17.6 Å². The number of rotatable bonds is 7. The Morgan fingerprint density at radius 1 is 1.19 bits per heavy atom. The average molecular weight is 354 g/mol. The second-order valence-electron chi connectivity index (χ2n) is 5.27. The lowest BCUT2D eigenvalue weighted by atomic mass is 10.1. The van der Waals surface area contributed by atoms with E-state index in [2.05, 4.69) is 20.6 Å². The minimum absolute atomic E-state index is 0.0399. The van der Waals surface area contributed by atoms with E-state index in [0.717, 1.165) is 0 Å². The van der Waals surface area contributed by atoms with Gasteiger partial charge in [-0.05, 0) is 18.2 Å². The van der Waals surface area contributed by atoms with Crippen LogP contribution >= 0.6 is 0 Å². The highest BCUT2D eigenvalue weighted by Crippen LogP contribution is 2.09. The minimum Gasteiger partial charge on any atom is -0.365 e. The molecule has 2 amide bonds. The highest BCUT2D eigenvalue weighted by molar-refractivity contribution is 6.38. The smallest absolute Gasteiger partial charge is 0.287 e. The number of nitrogens with two attached hydrogens (primary N) is 1. The van der Waals surface area contributed by atoms with Crippen molar-refractivity contribution in [1.82, 2.24) is 25.2 Å². The van der Waals surface area contributed by atoms with Gasteiger partial charge < -0.3 is 15.6 Å². The van der Waals surface area contributed by atoms with Crippen LogP contribution in [0, 0.1) is 0 Å². The van der Waals surface area contributed by atoms with Crippen molar-refractivity contribution < 1.29 is 18.9 Å². The van der Waals surface area contributed by atoms with Gasteiger partial charge in [-0.3, -0.25) is 14.4 Å². The Labute approximate surface area is 147 Å². The van der Waals surface area contributed by atoms with Gasteiger partial charge in [-0.15, -0.1) is 0 Å². The molecule has 3 rings (SSSR count). The third-order valence-electron chi connectivity index (χ3n) is 3.51. The summed E-state index contributed by atoms with van der Waals surface area (Å²) in [7, 11) is 0. The SMILES string of the molecule is NC(=O)C(=O)C(Cc1ccon1)NC(=O)c1ccnn1-c1ccccn1. The molecule has 0 aliphatic carbocycles. The van der Waals surface area contributed by atoms with Crippen molar-refractivity contribution in [1.29, 1.82) is 0 Å². The maximum atomic E-state index is 12.6. The van der Waals surface area contributed by atoms with Crippen LogP contribution in [-0.4, -0.2) is 43.6 Å². The molecule has 3 N–H and O–H groups in total. The predicted molar refractivity (Wildman–Crippen MR) is 87.0 cm³/mol. The third-order valence-corrected chi connectivity index (χ3v) is 3.51. The molecule has 0 spiro atoms. The second-order valence-corrected chi connectivity index (χ2v) is 5.27. The van der Waals surface area contributed by atoms with Crippen molar-refractivity contribution in [2.45, 2.75) is 12.5 Å². The van der Waals surface area contributed by atoms with Gasteiger partial charge in [0.25, 0.3) is 11.8 Å². The summed E-state index contributed by atoms with van der Waals surface area (Å²) in [6.07, 6.45) is 4.26. The summed E-state index contributed by atoms with van der Waals surface area (Å²) in [5, 5.41) is 10.2. The monoisotopic (exact) mass is 354 g/mol. The maximum absolute atomic E-state index is 12.6. The molecular weight excluding hydrogens is 340 g/mol. The molecule has 0 aromatic carbocycles. The molecule has 3 heterocycles. The van der Waals surface area contributed by atoms with Crippen LogP contribution < -0.4 is 11.1 Å². The molecule has 1 atom stereocenters. The molecule has 0 bridgehead atoms. The minimum atomic E-state index is -1.18. The van der Waals surface area contributed by atoms with Crippen LogP contribution in [0.1, 0.15) is 16.2 Å². The zero-order valence-corrected chi connectivity index (χ0v) is 13.4. The molecule has 0 aliphatic rings.